The number of carbonyl (C=O) groups is 2. The third kappa shape index (κ3) is 3.44. The fraction of sp³-hybridized carbons (Fsp3) is 0.517. The fourth-order valence-corrected chi connectivity index (χ4v) is 8.16. The van der Waals surface area contributed by atoms with E-state index in [0.717, 1.165) is 36.3 Å². The van der Waals surface area contributed by atoms with Gasteiger partial charge in [0.1, 0.15) is 11.7 Å². The molecule has 0 radical (unpaired) electrons. The first-order valence-electron chi connectivity index (χ1n) is 13.1. The molecule has 1 saturated heterocycles. The van der Waals surface area contributed by atoms with Gasteiger partial charge in [-0.1, -0.05) is 35.3 Å². The smallest absolute Gasteiger partial charge is 0.303 e. The first kappa shape index (κ1) is 25.8. The summed E-state index contributed by atoms with van der Waals surface area (Å²) in [5, 5.41) is 0.886. The molecule has 7 nitrogen and oxygen atoms in total. The standard InChI is InChI=1S/C29H32Cl2N2O5/c1-16(34)38-29-10-9-21(33(3)24(35)14-17-5-7-19(30)20(31)13-17)27-28(29)11-12-32(2)23(29)15-18-6-8-22(36-4)26(37-27)25(18)28/h5-8,13,21,23,27H,9-12,14-15H2,1-4H3/t21-,23-,27+,28+,29-/m1/s1. The Morgan fingerprint density at radius 3 is 2.68 bits per heavy atom. The van der Waals surface area contributed by atoms with Gasteiger partial charge in [0.2, 0.25) is 5.91 Å². The molecule has 0 N–H and O–H groups in total. The minimum atomic E-state index is -0.745. The zero-order chi connectivity index (χ0) is 27.0. The average Bonchev–Trinajstić information content (AvgIpc) is 3.23. The van der Waals surface area contributed by atoms with Gasteiger partial charge in [-0.15, -0.1) is 0 Å². The van der Waals surface area contributed by atoms with Gasteiger partial charge in [-0.25, -0.2) is 0 Å². The number of hydrogen-bond donors (Lipinski definition) is 0. The number of carbonyl (C=O) groups excluding carboxylic acids is 2. The molecular formula is C29H32Cl2N2O5. The molecule has 1 amide bonds. The lowest BCUT2D eigenvalue weighted by Gasteiger charge is -2.65. The molecule has 9 heteroatoms. The summed E-state index contributed by atoms with van der Waals surface area (Å²) in [5.74, 6) is 1.08. The van der Waals surface area contributed by atoms with Gasteiger partial charge in [0, 0.05) is 19.5 Å². The molecule has 2 aliphatic heterocycles. The second-order valence-electron chi connectivity index (χ2n) is 11.1. The van der Waals surface area contributed by atoms with Crippen LogP contribution in [0.4, 0.5) is 0 Å². The number of likely N-dealkylation sites (tertiary alicyclic amines) is 1. The number of nitrogens with zero attached hydrogens (tertiary/aromatic N) is 2. The molecule has 2 aliphatic carbocycles. The molecule has 5 atom stereocenters. The number of methoxy groups -OCH3 is 1. The van der Waals surface area contributed by atoms with E-state index in [2.05, 4.69) is 18.0 Å². The van der Waals surface area contributed by atoms with Gasteiger partial charge in [-0.05, 0) is 68.6 Å². The predicted octanol–water partition coefficient (Wildman–Crippen LogP) is 4.43. The third-order valence-corrected chi connectivity index (χ3v) is 10.2. The fourth-order valence-electron chi connectivity index (χ4n) is 7.84. The van der Waals surface area contributed by atoms with Crippen molar-refractivity contribution in [2.24, 2.45) is 0 Å². The number of rotatable bonds is 5. The van der Waals surface area contributed by atoms with Gasteiger partial charge in [0.05, 0.1) is 41.1 Å². The Hall–Kier alpha value is -2.48. The van der Waals surface area contributed by atoms with Gasteiger partial charge >= 0.3 is 5.97 Å². The van der Waals surface area contributed by atoms with Crippen LogP contribution < -0.4 is 9.47 Å². The Morgan fingerprint density at radius 2 is 1.97 bits per heavy atom. The van der Waals surface area contributed by atoms with Crippen molar-refractivity contribution in [1.82, 2.24) is 9.80 Å². The van der Waals surface area contributed by atoms with Crippen LogP contribution in [0.25, 0.3) is 0 Å². The quantitative estimate of drug-likeness (QED) is 0.506. The van der Waals surface area contributed by atoms with E-state index < -0.39 is 11.0 Å². The van der Waals surface area contributed by atoms with Crippen LogP contribution in [0.2, 0.25) is 10.0 Å². The number of halogens is 2. The van der Waals surface area contributed by atoms with Crippen LogP contribution in [0, 0.1) is 0 Å². The third-order valence-electron chi connectivity index (χ3n) is 9.42. The van der Waals surface area contributed by atoms with Crippen LogP contribution in [0.1, 0.15) is 42.9 Å². The number of ether oxygens (including phenoxy) is 3. The van der Waals surface area contributed by atoms with E-state index in [0.29, 0.717) is 28.6 Å². The Bertz CT molecular complexity index is 1330. The molecule has 0 aromatic heterocycles. The topological polar surface area (TPSA) is 68.3 Å². The van der Waals surface area contributed by atoms with E-state index in [1.807, 2.05) is 24.1 Å². The summed E-state index contributed by atoms with van der Waals surface area (Å²) in [6.07, 6.45) is 2.65. The lowest BCUT2D eigenvalue weighted by molar-refractivity contribution is -0.221. The van der Waals surface area contributed by atoms with Crippen LogP contribution in [-0.2, 0) is 32.6 Å². The lowest BCUT2D eigenvalue weighted by Crippen LogP contribution is -2.78. The zero-order valence-electron chi connectivity index (χ0n) is 22.1. The first-order chi connectivity index (χ1) is 18.1. The monoisotopic (exact) mass is 558 g/mol. The minimum Gasteiger partial charge on any atom is -0.493 e. The van der Waals surface area contributed by atoms with Crippen LogP contribution in [-0.4, -0.2) is 73.2 Å². The molecule has 6 rings (SSSR count). The van der Waals surface area contributed by atoms with E-state index in [4.69, 9.17) is 37.4 Å². The number of esters is 1. The SMILES string of the molecule is COc1ccc2c3c1O[C@H]1[C@H](N(C)C(=O)Cc4ccc(Cl)c(Cl)c4)CC[C@@]4(OC(C)=O)[C@@H](C2)N(C)CC[C@]314. The lowest BCUT2D eigenvalue weighted by atomic mass is 9.48. The Balaban J connectivity index is 1.44. The van der Waals surface area contributed by atoms with Crippen LogP contribution in [0.15, 0.2) is 30.3 Å². The van der Waals surface area contributed by atoms with Crippen molar-refractivity contribution >= 4 is 35.1 Å². The number of benzene rings is 2. The molecule has 0 unspecified atom stereocenters. The van der Waals surface area contributed by atoms with E-state index in [1.54, 1.807) is 19.2 Å². The molecule has 2 aromatic carbocycles. The highest BCUT2D eigenvalue weighted by atomic mass is 35.5. The second kappa shape index (κ2) is 9.04. The van der Waals surface area contributed by atoms with Crippen molar-refractivity contribution in [3.05, 3.63) is 57.1 Å². The highest BCUT2D eigenvalue weighted by Crippen LogP contribution is 2.67. The van der Waals surface area contributed by atoms with Gasteiger partial charge < -0.3 is 19.1 Å². The number of amides is 1. The van der Waals surface area contributed by atoms with E-state index in [9.17, 15) is 9.59 Å². The van der Waals surface area contributed by atoms with Crippen molar-refractivity contribution in [1.29, 1.82) is 0 Å². The molecule has 202 valence electrons. The number of hydrogen-bond acceptors (Lipinski definition) is 6. The van der Waals surface area contributed by atoms with Crippen LogP contribution in [0.3, 0.4) is 0 Å². The normalized spacial score (nSPS) is 30.7. The summed E-state index contributed by atoms with van der Waals surface area (Å²) in [7, 11) is 5.60. The Morgan fingerprint density at radius 1 is 1.18 bits per heavy atom. The van der Waals surface area contributed by atoms with Gasteiger partial charge in [0.25, 0.3) is 0 Å². The van der Waals surface area contributed by atoms with Crippen molar-refractivity contribution in [3.63, 3.8) is 0 Å². The van der Waals surface area contributed by atoms with Crippen molar-refractivity contribution in [3.8, 4) is 11.5 Å². The van der Waals surface area contributed by atoms with Crippen molar-refractivity contribution in [2.45, 2.75) is 68.2 Å². The molecule has 2 bridgehead atoms. The molecule has 2 heterocycles. The van der Waals surface area contributed by atoms with E-state index >= 15 is 0 Å². The number of likely N-dealkylation sites (N-methyl/N-ethyl adjacent to an activating group) is 2. The molecule has 2 fully saturated rings. The van der Waals surface area contributed by atoms with Gasteiger partial charge in [-0.2, -0.15) is 0 Å². The zero-order valence-corrected chi connectivity index (χ0v) is 23.6. The van der Waals surface area contributed by atoms with Crippen molar-refractivity contribution in [2.75, 3.05) is 27.7 Å². The minimum absolute atomic E-state index is 0.0243. The van der Waals surface area contributed by atoms with Gasteiger partial charge in [0.15, 0.2) is 11.5 Å². The highest BCUT2D eigenvalue weighted by molar-refractivity contribution is 6.42. The Kier molecular flexibility index (Phi) is 6.13. The molecule has 2 aromatic rings. The highest BCUT2D eigenvalue weighted by Gasteiger charge is 2.75. The summed E-state index contributed by atoms with van der Waals surface area (Å²) >= 11 is 12.3. The summed E-state index contributed by atoms with van der Waals surface area (Å²) in [4.78, 5) is 30.4. The second-order valence-corrected chi connectivity index (χ2v) is 11.9. The van der Waals surface area contributed by atoms with Crippen molar-refractivity contribution < 1.29 is 23.8 Å². The van der Waals surface area contributed by atoms with E-state index in [1.165, 1.54) is 12.5 Å². The summed E-state index contributed by atoms with van der Waals surface area (Å²) in [5.41, 5.74) is 1.78. The predicted molar refractivity (Wildman–Crippen MR) is 144 cm³/mol. The molecule has 1 spiro atoms. The summed E-state index contributed by atoms with van der Waals surface area (Å²) in [6, 6.07) is 9.18. The number of piperidine rings is 1. The molecule has 1 saturated carbocycles. The Labute approximate surface area is 232 Å². The molecule has 38 heavy (non-hydrogen) atoms. The molecular weight excluding hydrogens is 527 g/mol. The first-order valence-corrected chi connectivity index (χ1v) is 13.8. The summed E-state index contributed by atoms with van der Waals surface area (Å²) < 4.78 is 19.0. The van der Waals surface area contributed by atoms with Gasteiger partial charge in [-0.3, -0.25) is 14.5 Å². The van der Waals surface area contributed by atoms with Crippen LogP contribution >= 0.6 is 23.2 Å². The van der Waals surface area contributed by atoms with E-state index in [-0.39, 0.29) is 36.5 Å². The maximum absolute atomic E-state index is 13.6. The largest absolute Gasteiger partial charge is 0.493 e. The maximum Gasteiger partial charge on any atom is 0.303 e. The summed E-state index contributed by atoms with van der Waals surface area (Å²) in [6.45, 7) is 2.34. The molecule has 4 aliphatic rings. The maximum atomic E-state index is 13.6. The average molecular weight is 559 g/mol. The van der Waals surface area contributed by atoms with Crippen LogP contribution in [0.5, 0.6) is 11.5 Å².